The first-order chi connectivity index (χ1) is 15.5. The molecule has 0 saturated carbocycles. The molecular weight excluding hydrogens is 408 g/mol. The van der Waals surface area contributed by atoms with Crippen molar-refractivity contribution in [3.8, 4) is 0 Å². The van der Waals surface area contributed by atoms with Crippen LogP contribution in [0.15, 0.2) is 23.0 Å². The van der Waals surface area contributed by atoms with Crippen LogP contribution in [-0.4, -0.2) is 58.7 Å². The number of amides is 2. The highest BCUT2D eigenvalue weighted by atomic mass is 16.5. The lowest BCUT2D eigenvalue weighted by Gasteiger charge is -2.26. The first-order valence-corrected chi connectivity index (χ1v) is 11.9. The van der Waals surface area contributed by atoms with Gasteiger partial charge in [0.1, 0.15) is 6.04 Å². The minimum Gasteiger partial charge on any atom is -0.381 e. The molecule has 2 aliphatic rings. The molecule has 2 fully saturated rings. The Morgan fingerprint density at radius 1 is 1.03 bits per heavy atom. The standard InChI is InChI=1S/C24H34N4O4/c1-26-21-17-18(7-5-15-32-16-6-14-27-12-3-2-4-13-27)8-9-19(21)28(24(26)31)20-10-11-22(29)25-23(20)30/h8-9,17,20H,2-7,10-16H2,1H3,(H,25,29,30). The van der Waals surface area contributed by atoms with Crippen molar-refractivity contribution < 1.29 is 14.3 Å². The summed E-state index contributed by atoms with van der Waals surface area (Å²) in [7, 11) is 1.72. The van der Waals surface area contributed by atoms with Crippen molar-refractivity contribution in [3.63, 3.8) is 0 Å². The molecular formula is C24H34N4O4. The molecule has 174 valence electrons. The van der Waals surface area contributed by atoms with Gasteiger partial charge in [-0.05, 0) is 69.3 Å². The highest BCUT2D eigenvalue weighted by Crippen LogP contribution is 2.24. The summed E-state index contributed by atoms with van der Waals surface area (Å²) < 4.78 is 8.93. The third-order valence-electron chi connectivity index (χ3n) is 6.64. The van der Waals surface area contributed by atoms with Gasteiger partial charge in [-0.15, -0.1) is 0 Å². The largest absolute Gasteiger partial charge is 0.381 e. The predicted octanol–water partition coefficient (Wildman–Crippen LogP) is 2.14. The van der Waals surface area contributed by atoms with E-state index in [0.717, 1.165) is 55.6 Å². The van der Waals surface area contributed by atoms with Crippen LogP contribution in [-0.2, 0) is 27.8 Å². The molecule has 0 radical (unpaired) electrons. The summed E-state index contributed by atoms with van der Waals surface area (Å²) in [6, 6.07) is 5.30. The van der Waals surface area contributed by atoms with Gasteiger partial charge in [-0.2, -0.15) is 0 Å². The van der Waals surface area contributed by atoms with E-state index in [4.69, 9.17) is 4.74 Å². The molecule has 1 unspecified atom stereocenters. The Morgan fingerprint density at radius 3 is 2.59 bits per heavy atom. The minimum atomic E-state index is -0.645. The summed E-state index contributed by atoms with van der Waals surface area (Å²) in [5, 5.41) is 2.34. The Kier molecular flexibility index (Phi) is 7.42. The summed E-state index contributed by atoms with van der Waals surface area (Å²) >= 11 is 0. The molecule has 1 aromatic carbocycles. The second-order valence-corrected chi connectivity index (χ2v) is 8.97. The van der Waals surface area contributed by atoms with E-state index < -0.39 is 11.9 Å². The fourth-order valence-corrected chi connectivity index (χ4v) is 4.85. The van der Waals surface area contributed by atoms with E-state index in [1.54, 1.807) is 11.6 Å². The van der Waals surface area contributed by atoms with Crippen molar-refractivity contribution in [2.75, 3.05) is 32.8 Å². The zero-order valence-corrected chi connectivity index (χ0v) is 19.0. The molecule has 8 heteroatoms. The molecule has 0 aliphatic carbocycles. The fraction of sp³-hybridized carbons (Fsp3) is 0.625. The number of nitrogens with one attached hydrogen (secondary N) is 1. The van der Waals surface area contributed by atoms with Gasteiger partial charge in [-0.1, -0.05) is 12.5 Å². The van der Waals surface area contributed by atoms with Gasteiger partial charge in [-0.25, -0.2) is 4.79 Å². The molecule has 1 aromatic heterocycles. The first-order valence-electron chi connectivity index (χ1n) is 11.9. The topological polar surface area (TPSA) is 85.6 Å². The molecule has 0 bridgehead atoms. The lowest BCUT2D eigenvalue weighted by Crippen LogP contribution is -2.44. The predicted molar refractivity (Wildman–Crippen MR) is 123 cm³/mol. The Morgan fingerprint density at radius 2 is 1.81 bits per heavy atom. The second-order valence-electron chi connectivity index (χ2n) is 8.97. The molecule has 4 rings (SSSR count). The number of aromatic nitrogens is 2. The molecule has 1 N–H and O–H groups in total. The molecule has 2 saturated heterocycles. The lowest BCUT2D eigenvalue weighted by atomic mass is 10.1. The van der Waals surface area contributed by atoms with Gasteiger partial charge in [0, 0.05) is 33.2 Å². The number of hydrogen-bond donors (Lipinski definition) is 1. The van der Waals surface area contributed by atoms with Gasteiger partial charge in [0.15, 0.2) is 0 Å². The zero-order chi connectivity index (χ0) is 22.5. The van der Waals surface area contributed by atoms with Crippen LogP contribution in [0.4, 0.5) is 0 Å². The summed E-state index contributed by atoms with van der Waals surface area (Å²) in [6.45, 7) is 5.13. The van der Waals surface area contributed by atoms with E-state index >= 15 is 0 Å². The monoisotopic (exact) mass is 442 g/mol. The van der Waals surface area contributed by atoms with Gasteiger partial charge in [0.2, 0.25) is 11.8 Å². The van der Waals surface area contributed by atoms with E-state index in [0.29, 0.717) is 6.42 Å². The molecule has 8 nitrogen and oxygen atoms in total. The van der Waals surface area contributed by atoms with Crippen LogP contribution in [0, 0.1) is 0 Å². The number of fused-ring (bicyclic) bond motifs is 1. The van der Waals surface area contributed by atoms with E-state index in [-0.39, 0.29) is 18.0 Å². The normalized spacial score (nSPS) is 20.1. The van der Waals surface area contributed by atoms with Gasteiger partial charge in [-0.3, -0.25) is 24.0 Å². The van der Waals surface area contributed by atoms with Gasteiger partial charge in [0.25, 0.3) is 0 Å². The number of ether oxygens (including phenoxy) is 1. The van der Waals surface area contributed by atoms with E-state index in [9.17, 15) is 14.4 Å². The van der Waals surface area contributed by atoms with Crippen LogP contribution in [0.3, 0.4) is 0 Å². The van der Waals surface area contributed by atoms with E-state index in [1.165, 1.54) is 36.9 Å². The third kappa shape index (κ3) is 5.13. The molecule has 0 spiro atoms. The number of imidazole rings is 1. The van der Waals surface area contributed by atoms with Gasteiger partial charge in [0.05, 0.1) is 11.0 Å². The molecule has 2 aliphatic heterocycles. The number of carbonyl (C=O) groups excluding carboxylic acids is 2. The van der Waals surface area contributed by atoms with Gasteiger partial charge >= 0.3 is 5.69 Å². The van der Waals surface area contributed by atoms with Crippen LogP contribution >= 0.6 is 0 Å². The third-order valence-corrected chi connectivity index (χ3v) is 6.64. The summed E-state index contributed by atoms with van der Waals surface area (Å²) in [6.07, 6.45) is 7.50. The molecule has 3 heterocycles. The average molecular weight is 443 g/mol. The fourth-order valence-electron chi connectivity index (χ4n) is 4.85. The van der Waals surface area contributed by atoms with Crippen LogP contribution in [0.25, 0.3) is 11.0 Å². The minimum absolute atomic E-state index is 0.233. The Hall–Kier alpha value is -2.45. The Balaban J connectivity index is 1.30. The zero-order valence-electron chi connectivity index (χ0n) is 19.0. The maximum atomic E-state index is 12.8. The number of likely N-dealkylation sites (tertiary alicyclic amines) is 1. The number of hydrogen-bond acceptors (Lipinski definition) is 5. The summed E-state index contributed by atoms with van der Waals surface area (Å²) in [5.74, 6) is -0.687. The summed E-state index contributed by atoms with van der Waals surface area (Å²) in [5.41, 5.74) is 2.44. The Labute approximate surface area is 188 Å². The van der Waals surface area contributed by atoms with E-state index in [1.807, 2.05) is 18.2 Å². The second kappa shape index (κ2) is 10.4. The van der Waals surface area contributed by atoms with Crippen molar-refractivity contribution in [3.05, 3.63) is 34.2 Å². The smallest absolute Gasteiger partial charge is 0.329 e. The number of nitrogens with zero attached hydrogens (tertiary/aromatic N) is 3. The van der Waals surface area contributed by atoms with Crippen molar-refractivity contribution in [2.24, 2.45) is 7.05 Å². The molecule has 2 amide bonds. The molecule has 32 heavy (non-hydrogen) atoms. The summed E-state index contributed by atoms with van der Waals surface area (Å²) in [4.78, 5) is 39.1. The average Bonchev–Trinajstić information content (AvgIpc) is 3.04. The number of aryl methyl sites for hydroxylation is 2. The highest BCUT2D eigenvalue weighted by Gasteiger charge is 2.31. The van der Waals surface area contributed by atoms with Crippen molar-refractivity contribution >= 4 is 22.8 Å². The van der Waals surface area contributed by atoms with Crippen molar-refractivity contribution in [2.45, 2.75) is 57.4 Å². The lowest BCUT2D eigenvalue weighted by molar-refractivity contribution is -0.135. The SMILES string of the molecule is Cn1c(=O)n(C2CCC(=O)NC2=O)c2ccc(CCCOCCCN3CCCCC3)cc21. The number of benzene rings is 1. The number of rotatable bonds is 9. The number of carbonyl (C=O) groups is 2. The molecule has 2 aromatic rings. The van der Waals surface area contributed by atoms with Crippen LogP contribution < -0.4 is 11.0 Å². The van der Waals surface area contributed by atoms with Gasteiger partial charge < -0.3 is 9.64 Å². The van der Waals surface area contributed by atoms with Crippen LogP contribution in [0.5, 0.6) is 0 Å². The van der Waals surface area contributed by atoms with Crippen LogP contribution in [0.2, 0.25) is 0 Å². The van der Waals surface area contributed by atoms with Crippen molar-refractivity contribution in [1.29, 1.82) is 0 Å². The Bertz CT molecular complexity index is 1020. The highest BCUT2D eigenvalue weighted by molar-refractivity contribution is 6.00. The first kappa shape index (κ1) is 22.7. The quantitative estimate of drug-likeness (QED) is 0.475. The number of imide groups is 1. The molecule has 1 atom stereocenters. The number of piperidine rings is 2. The maximum Gasteiger partial charge on any atom is 0.329 e. The van der Waals surface area contributed by atoms with Crippen LogP contribution in [0.1, 0.15) is 56.6 Å². The maximum absolute atomic E-state index is 12.8. The van der Waals surface area contributed by atoms with Crippen molar-refractivity contribution in [1.82, 2.24) is 19.4 Å². The van der Waals surface area contributed by atoms with E-state index in [2.05, 4.69) is 10.2 Å².